The fraction of sp³-hybridized carbons (Fsp3) is 0.850. The van der Waals surface area contributed by atoms with Gasteiger partial charge in [-0.15, -0.1) is 0 Å². The number of aryl methyl sites for hydroxylation is 2. The number of imidazole rings is 1. The zero-order chi connectivity index (χ0) is 16.2. The first-order valence-electron chi connectivity index (χ1n) is 9.71. The van der Waals surface area contributed by atoms with Gasteiger partial charge in [-0.3, -0.25) is 0 Å². The Bertz CT molecular complexity index is 379. The molecular formula is C20H39N2+. The van der Waals surface area contributed by atoms with E-state index < -0.39 is 0 Å². The molecule has 0 fully saturated rings. The second-order valence-corrected chi connectivity index (χ2v) is 7.15. The van der Waals surface area contributed by atoms with Crippen molar-refractivity contribution in [2.24, 2.45) is 7.05 Å². The van der Waals surface area contributed by atoms with Crippen LogP contribution in [0.1, 0.15) is 103 Å². The molecule has 1 rings (SSSR count). The summed E-state index contributed by atoms with van der Waals surface area (Å²) in [6, 6.07) is 0. The average Bonchev–Trinajstić information content (AvgIpc) is 2.86. The molecule has 0 bridgehead atoms. The van der Waals surface area contributed by atoms with E-state index in [-0.39, 0.29) is 0 Å². The van der Waals surface area contributed by atoms with Crippen LogP contribution in [0.4, 0.5) is 0 Å². The molecule has 2 nitrogen and oxygen atoms in total. The number of rotatable bonds is 13. The molecule has 0 amide bonds. The van der Waals surface area contributed by atoms with Crippen molar-refractivity contribution in [1.82, 2.24) is 4.57 Å². The summed E-state index contributed by atoms with van der Waals surface area (Å²) in [5.41, 5.74) is 0. The van der Waals surface area contributed by atoms with Gasteiger partial charge in [-0.1, -0.05) is 78.6 Å². The molecule has 0 atom stereocenters. The summed E-state index contributed by atoms with van der Waals surface area (Å²) in [5.74, 6) is 2.06. The van der Waals surface area contributed by atoms with Gasteiger partial charge >= 0.3 is 0 Å². The van der Waals surface area contributed by atoms with Crippen LogP contribution in [0.3, 0.4) is 0 Å². The maximum Gasteiger partial charge on any atom is 0.258 e. The van der Waals surface area contributed by atoms with Gasteiger partial charge in [0, 0.05) is 0 Å². The Labute approximate surface area is 138 Å². The van der Waals surface area contributed by atoms with Crippen molar-refractivity contribution < 1.29 is 4.57 Å². The van der Waals surface area contributed by atoms with Crippen LogP contribution in [0, 0.1) is 0 Å². The summed E-state index contributed by atoms with van der Waals surface area (Å²) in [4.78, 5) is 0. The third-order valence-corrected chi connectivity index (χ3v) is 4.64. The molecule has 1 aromatic rings. The highest BCUT2D eigenvalue weighted by Crippen LogP contribution is 2.12. The van der Waals surface area contributed by atoms with Crippen LogP contribution in [0.15, 0.2) is 12.4 Å². The van der Waals surface area contributed by atoms with Gasteiger partial charge in [0.05, 0.1) is 19.5 Å². The lowest BCUT2D eigenvalue weighted by Gasteiger charge is -2.06. The molecule has 0 aliphatic rings. The first-order chi connectivity index (χ1) is 10.7. The summed E-state index contributed by atoms with van der Waals surface area (Å²) < 4.78 is 4.71. The molecule has 0 aliphatic carbocycles. The molecule has 0 radical (unpaired) electrons. The van der Waals surface area contributed by atoms with Crippen molar-refractivity contribution in [3.05, 3.63) is 18.2 Å². The van der Waals surface area contributed by atoms with E-state index in [0.29, 0.717) is 5.92 Å². The second kappa shape index (κ2) is 11.7. The number of aromatic nitrogens is 2. The van der Waals surface area contributed by atoms with E-state index in [2.05, 4.69) is 49.3 Å². The van der Waals surface area contributed by atoms with E-state index >= 15 is 0 Å². The molecule has 0 spiro atoms. The van der Waals surface area contributed by atoms with Crippen molar-refractivity contribution in [3.63, 3.8) is 0 Å². The van der Waals surface area contributed by atoms with E-state index in [0.717, 1.165) is 0 Å². The van der Waals surface area contributed by atoms with Crippen molar-refractivity contribution in [1.29, 1.82) is 0 Å². The zero-order valence-corrected chi connectivity index (χ0v) is 15.6. The van der Waals surface area contributed by atoms with Crippen LogP contribution in [0.25, 0.3) is 0 Å². The minimum absolute atomic E-state index is 0.604. The Morgan fingerprint density at radius 2 is 1.36 bits per heavy atom. The molecule has 1 aromatic heterocycles. The summed E-state index contributed by atoms with van der Waals surface area (Å²) >= 11 is 0. The normalized spacial score (nSPS) is 11.5. The Morgan fingerprint density at radius 3 is 1.86 bits per heavy atom. The van der Waals surface area contributed by atoms with Gasteiger partial charge in [0.2, 0.25) is 0 Å². The lowest BCUT2D eigenvalue weighted by molar-refractivity contribution is -0.705. The Kier molecular flexibility index (Phi) is 10.3. The third kappa shape index (κ3) is 7.47. The van der Waals surface area contributed by atoms with E-state index in [1.165, 1.54) is 83.0 Å². The molecule has 0 N–H and O–H groups in total. The number of nitrogens with zero attached hydrogens (tertiary/aromatic N) is 2. The molecule has 1 heterocycles. The largest absolute Gasteiger partial charge is 0.258 e. The molecule has 0 saturated heterocycles. The van der Waals surface area contributed by atoms with Crippen molar-refractivity contribution in [3.8, 4) is 0 Å². The maximum absolute atomic E-state index is 2.44. The first-order valence-corrected chi connectivity index (χ1v) is 9.71. The summed E-state index contributed by atoms with van der Waals surface area (Å²) in [7, 11) is 2.16. The highest BCUT2D eigenvalue weighted by Gasteiger charge is 2.17. The second-order valence-electron chi connectivity index (χ2n) is 7.15. The fourth-order valence-electron chi connectivity index (χ4n) is 3.41. The topological polar surface area (TPSA) is 8.81 Å². The summed E-state index contributed by atoms with van der Waals surface area (Å²) in [5, 5.41) is 0. The van der Waals surface area contributed by atoms with Crippen molar-refractivity contribution >= 4 is 0 Å². The van der Waals surface area contributed by atoms with Crippen LogP contribution in [-0.2, 0) is 13.6 Å². The van der Waals surface area contributed by atoms with Gasteiger partial charge in [0.25, 0.3) is 5.82 Å². The van der Waals surface area contributed by atoms with Gasteiger partial charge in [-0.25, -0.2) is 9.13 Å². The minimum Gasteiger partial charge on any atom is -0.237 e. The highest BCUT2D eigenvalue weighted by molar-refractivity contribution is 4.88. The lowest BCUT2D eigenvalue weighted by Crippen LogP contribution is -2.37. The SMILES string of the molecule is CCCCCCCCCCCCC[n+]1ccn(C)c1C(C)C. The van der Waals surface area contributed by atoms with Crippen LogP contribution < -0.4 is 4.57 Å². The van der Waals surface area contributed by atoms with Crippen LogP contribution in [0.2, 0.25) is 0 Å². The van der Waals surface area contributed by atoms with Gasteiger partial charge in [-0.05, 0) is 12.8 Å². The van der Waals surface area contributed by atoms with Crippen LogP contribution >= 0.6 is 0 Å². The van der Waals surface area contributed by atoms with Gasteiger partial charge < -0.3 is 0 Å². The van der Waals surface area contributed by atoms with E-state index in [4.69, 9.17) is 0 Å². The van der Waals surface area contributed by atoms with Crippen LogP contribution in [-0.4, -0.2) is 4.57 Å². The number of hydrogen-bond donors (Lipinski definition) is 0. The quantitative estimate of drug-likeness (QED) is 0.324. The first kappa shape index (κ1) is 19.3. The monoisotopic (exact) mass is 307 g/mol. The minimum atomic E-state index is 0.604. The third-order valence-electron chi connectivity index (χ3n) is 4.64. The van der Waals surface area contributed by atoms with Gasteiger partial charge in [0.15, 0.2) is 0 Å². The summed E-state index contributed by atoms with van der Waals surface area (Å²) in [6.07, 6.45) is 20.0. The Balaban J connectivity index is 2.00. The van der Waals surface area contributed by atoms with Gasteiger partial charge in [0.1, 0.15) is 12.4 Å². The molecule has 2 heteroatoms. The standard InChI is InChI=1S/C20H39N2/c1-5-6-7-8-9-10-11-12-13-14-15-16-22-18-17-21(4)20(22)19(2)3/h17-19H,5-16H2,1-4H3/q+1. The van der Waals surface area contributed by atoms with E-state index in [1.54, 1.807) is 0 Å². The zero-order valence-electron chi connectivity index (χ0n) is 15.6. The highest BCUT2D eigenvalue weighted by atomic mass is 15.1. The van der Waals surface area contributed by atoms with Crippen molar-refractivity contribution in [2.75, 3.05) is 0 Å². The Morgan fingerprint density at radius 1 is 0.864 bits per heavy atom. The number of unbranched alkanes of at least 4 members (excludes halogenated alkanes) is 10. The van der Waals surface area contributed by atoms with Crippen molar-refractivity contribution in [2.45, 2.75) is 104 Å². The maximum atomic E-state index is 2.44. The average molecular weight is 308 g/mol. The predicted molar refractivity (Wildman–Crippen MR) is 96.2 cm³/mol. The number of hydrogen-bond acceptors (Lipinski definition) is 0. The predicted octanol–water partition coefficient (Wildman–Crippen LogP) is 5.75. The van der Waals surface area contributed by atoms with Crippen LogP contribution in [0.5, 0.6) is 0 Å². The molecular weight excluding hydrogens is 268 g/mol. The van der Waals surface area contributed by atoms with E-state index in [1.807, 2.05) is 0 Å². The van der Waals surface area contributed by atoms with E-state index in [9.17, 15) is 0 Å². The molecule has 0 saturated carbocycles. The smallest absolute Gasteiger partial charge is 0.237 e. The van der Waals surface area contributed by atoms with Gasteiger partial charge in [-0.2, -0.15) is 0 Å². The molecule has 0 unspecified atom stereocenters. The molecule has 0 aliphatic heterocycles. The molecule has 22 heavy (non-hydrogen) atoms. The lowest BCUT2D eigenvalue weighted by atomic mass is 10.1. The molecule has 0 aromatic carbocycles. The Hall–Kier alpha value is -0.790. The summed E-state index contributed by atoms with van der Waals surface area (Å²) in [6.45, 7) is 8.04. The molecule has 128 valence electrons. The fourth-order valence-corrected chi connectivity index (χ4v) is 3.41.